The van der Waals surface area contributed by atoms with Gasteiger partial charge in [0.15, 0.2) is 5.96 Å². The number of benzene rings is 2. The molecule has 2 aromatic carbocycles. The van der Waals surface area contributed by atoms with Crippen LogP contribution in [0.5, 0.6) is 0 Å². The van der Waals surface area contributed by atoms with Gasteiger partial charge in [-0.15, -0.1) is 12.4 Å². The number of carbonyl (C=O) groups is 3. The van der Waals surface area contributed by atoms with Crippen LogP contribution < -0.4 is 33.6 Å². The van der Waals surface area contributed by atoms with E-state index in [4.69, 9.17) is 28.3 Å². The summed E-state index contributed by atoms with van der Waals surface area (Å²) in [6.45, 7) is 0.308. The van der Waals surface area contributed by atoms with Crippen LogP contribution in [-0.4, -0.2) is 48.1 Å². The zero-order valence-corrected chi connectivity index (χ0v) is 27.2. The van der Waals surface area contributed by atoms with E-state index in [-0.39, 0.29) is 48.4 Å². The Morgan fingerprint density at radius 3 is 2.22 bits per heavy atom. The molecule has 0 bridgehead atoms. The SMILES string of the molecule is Cl.N=C(N)c1ccc(CC(C(=O)N[C@H](C(=O)N[C@@H](CCCN=C(N)N)C(N)=O)C2CCCCC2)C2CCCc3ccccc32)cc1. The molecule has 46 heavy (non-hydrogen) atoms. The van der Waals surface area contributed by atoms with Gasteiger partial charge in [-0.25, -0.2) is 0 Å². The van der Waals surface area contributed by atoms with Gasteiger partial charge in [0.05, 0.1) is 0 Å². The monoisotopic (exact) mass is 652 g/mol. The van der Waals surface area contributed by atoms with Crippen molar-refractivity contribution in [3.63, 3.8) is 0 Å². The number of aliphatic imine (C=N–C) groups is 1. The zero-order chi connectivity index (χ0) is 32.3. The van der Waals surface area contributed by atoms with Crippen LogP contribution >= 0.6 is 12.4 Å². The molecule has 2 unspecified atom stereocenters. The molecular weight excluding hydrogens is 604 g/mol. The van der Waals surface area contributed by atoms with Crippen molar-refractivity contribution in [2.24, 2.45) is 39.8 Å². The summed E-state index contributed by atoms with van der Waals surface area (Å²) in [4.78, 5) is 44.5. The maximum Gasteiger partial charge on any atom is 0.243 e. The molecule has 1 fully saturated rings. The zero-order valence-electron chi connectivity index (χ0n) is 26.4. The van der Waals surface area contributed by atoms with Crippen LogP contribution in [-0.2, 0) is 27.2 Å². The van der Waals surface area contributed by atoms with Gasteiger partial charge in [-0.3, -0.25) is 24.8 Å². The Labute approximate surface area is 277 Å². The molecule has 0 radical (unpaired) electrons. The number of nitrogen functional groups attached to an aromatic ring is 1. The average molecular weight is 653 g/mol. The summed E-state index contributed by atoms with van der Waals surface area (Å²) in [7, 11) is 0. The number of nitrogens with one attached hydrogen (secondary N) is 3. The Kier molecular flexibility index (Phi) is 13.9. The first-order valence-corrected chi connectivity index (χ1v) is 16.1. The largest absolute Gasteiger partial charge is 0.384 e. The molecule has 12 heteroatoms. The van der Waals surface area contributed by atoms with Gasteiger partial charge < -0.3 is 33.6 Å². The Hall–Kier alpha value is -4.12. The Morgan fingerprint density at radius 1 is 0.870 bits per heavy atom. The van der Waals surface area contributed by atoms with Crippen molar-refractivity contribution >= 4 is 41.9 Å². The van der Waals surface area contributed by atoms with E-state index in [1.165, 1.54) is 11.1 Å². The van der Waals surface area contributed by atoms with Crippen LogP contribution in [0.3, 0.4) is 0 Å². The van der Waals surface area contributed by atoms with Crippen LogP contribution in [0.1, 0.15) is 86.0 Å². The predicted octanol–water partition coefficient (Wildman–Crippen LogP) is 2.76. The highest BCUT2D eigenvalue weighted by atomic mass is 35.5. The molecule has 1 saturated carbocycles. The maximum atomic E-state index is 14.4. The molecule has 0 aliphatic heterocycles. The number of halogens is 1. The van der Waals surface area contributed by atoms with Gasteiger partial charge in [-0.05, 0) is 79.9 Å². The lowest BCUT2D eigenvalue weighted by Gasteiger charge is -2.35. The summed E-state index contributed by atoms with van der Waals surface area (Å²) in [6.07, 6.45) is 8.68. The van der Waals surface area contributed by atoms with Crippen LogP contribution in [0, 0.1) is 17.2 Å². The molecule has 250 valence electrons. The number of carbonyl (C=O) groups excluding carboxylic acids is 3. The number of amidine groups is 1. The van der Waals surface area contributed by atoms with Crippen molar-refractivity contribution in [1.82, 2.24) is 10.6 Å². The van der Waals surface area contributed by atoms with Gasteiger partial charge in [0.1, 0.15) is 17.9 Å². The Bertz CT molecular complexity index is 1370. The Balaban J connectivity index is 0.00000576. The Morgan fingerprint density at radius 2 is 1.57 bits per heavy atom. The summed E-state index contributed by atoms with van der Waals surface area (Å²) < 4.78 is 0. The fourth-order valence-corrected chi connectivity index (χ4v) is 6.88. The lowest BCUT2D eigenvalue weighted by Crippen LogP contribution is -2.57. The van der Waals surface area contributed by atoms with Crippen molar-refractivity contribution < 1.29 is 14.4 Å². The number of nitrogens with two attached hydrogens (primary N) is 4. The molecule has 0 heterocycles. The quantitative estimate of drug-likeness (QED) is 0.0924. The van der Waals surface area contributed by atoms with Crippen LogP contribution in [0.2, 0.25) is 0 Å². The second-order valence-corrected chi connectivity index (χ2v) is 12.4. The van der Waals surface area contributed by atoms with Gasteiger partial charge in [-0.1, -0.05) is 67.8 Å². The number of primary amides is 1. The summed E-state index contributed by atoms with van der Waals surface area (Å²) in [5.41, 5.74) is 26.2. The molecule has 0 spiro atoms. The number of nitrogens with zero attached hydrogens (tertiary/aromatic N) is 1. The standard InChI is InChI=1S/C34H48N8O3.ClH/c35-30(36)24-17-15-21(16-18-24)20-27(26-13-6-11-22-8-4-5-12-25(22)26)32(44)42-29(23-9-2-1-3-10-23)33(45)41-28(31(37)43)14-7-19-40-34(38)39;/h4-5,8,12,15-18,23,26-29H,1-3,6-7,9-11,13-14,19-20H2,(H3,35,36)(H2,37,43)(H,41,45)(H,42,44)(H4,38,39,40);1H/t26?,27?,28-,29-;/m0./s1. The fraction of sp³-hybridized carbons (Fsp3) is 0.500. The first kappa shape index (κ1) is 36.3. The van der Waals surface area contributed by atoms with E-state index < -0.39 is 29.8 Å². The van der Waals surface area contributed by atoms with Crippen LogP contribution in [0.4, 0.5) is 0 Å². The molecule has 2 aromatic rings. The third-order valence-electron chi connectivity index (χ3n) is 9.27. The number of fused-ring (bicyclic) bond motifs is 1. The van der Waals surface area contributed by atoms with E-state index >= 15 is 0 Å². The van der Waals surface area contributed by atoms with Crippen LogP contribution in [0.25, 0.3) is 0 Å². The molecule has 11 nitrogen and oxygen atoms in total. The van der Waals surface area contributed by atoms with Crippen molar-refractivity contribution in [3.8, 4) is 0 Å². The number of amides is 3. The third-order valence-corrected chi connectivity index (χ3v) is 9.27. The van der Waals surface area contributed by atoms with Crippen molar-refractivity contribution in [3.05, 3.63) is 70.8 Å². The third kappa shape index (κ3) is 9.94. The van der Waals surface area contributed by atoms with E-state index in [0.29, 0.717) is 24.9 Å². The van der Waals surface area contributed by atoms with E-state index in [1.807, 2.05) is 24.3 Å². The normalized spacial score (nSPS) is 18.0. The molecule has 11 N–H and O–H groups in total. The van der Waals surface area contributed by atoms with Crippen molar-refractivity contribution in [2.45, 2.75) is 88.6 Å². The molecular formula is C34H49ClN8O3. The van der Waals surface area contributed by atoms with Gasteiger partial charge >= 0.3 is 0 Å². The second-order valence-electron chi connectivity index (χ2n) is 12.4. The van der Waals surface area contributed by atoms with Gasteiger partial charge in [0, 0.05) is 18.0 Å². The van der Waals surface area contributed by atoms with E-state index in [0.717, 1.165) is 56.9 Å². The highest BCUT2D eigenvalue weighted by molar-refractivity contribution is 5.95. The topological polar surface area (TPSA) is 216 Å². The van der Waals surface area contributed by atoms with E-state index in [9.17, 15) is 14.4 Å². The minimum absolute atomic E-state index is 0. The number of guanidine groups is 1. The molecule has 4 atom stereocenters. The maximum absolute atomic E-state index is 14.4. The number of rotatable bonds is 14. The van der Waals surface area contributed by atoms with Gasteiger partial charge in [-0.2, -0.15) is 0 Å². The molecule has 2 aliphatic rings. The molecule has 0 aromatic heterocycles. The lowest BCUT2D eigenvalue weighted by atomic mass is 9.73. The smallest absolute Gasteiger partial charge is 0.243 e. The second kappa shape index (κ2) is 17.5. The summed E-state index contributed by atoms with van der Waals surface area (Å²) in [5, 5.41) is 13.8. The number of aryl methyl sites for hydroxylation is 1. The van der Waals surface area contributed by atoms with Crippen LogP contribution in [0.15, 0.2) is 53.5 Å². The van der Waals surface area contributed by atoms with Gasteiger partial charge in [0.25, 0.3) is 0 Å². The van der Waals surface area contributed by atoms with Crippen molar-refractivity contribution in [1.29, 1.82) is 5.41 Å². The number of hydrogen-bond donors (Lipinski definition) is 7. The molecule has 2 aliphatic carbocycles. The summed E-state index contributed by atoms with van der Waals surface area (Å²) in [5.74, 6) is -1.77. The number of hydrogen-bond acceptors (Lipinski definition) is 5. The van der Waals surface area contributed by atoms with E-state index in [2.05, 4.69) is 27.8 Å². The minimum Gasteiger partial charge on any atom is -0.384 e. The summed E-state index contributed by atoms with van der Waals surface area (Å²) >= 11 is 0. The van der Waals surface area contributed by atoms with Gasteiger partial charge in [0.2, 0.25) is 17.7 Å². The first-order valence-electron chi connectivity index (χ1n) is 16.1. The molecule has 4 rings (SSSR count). The molecule has 0 saturated heterocycles. The predicted molar refractivity (Wildman–Crippen MR) is 184 cm³/mol. The van der Waals surface area contributed by atoms with Crippen molar-refractivity contribution in [2.75, 3.05) is 6.54 Å². The minimum atomic E-state index is -0.907. The first-order chi connectivity index (χ1) is 21.6. The highest BCUT2D eigenvalue weighted by Gasteiger charge is 2.38. The highest BCUT2D eigenvalue weighted by Crippen LogP contribution is 2.39. The molecule has 3 amide bonds. The van der Waals surface area contributed by atoms with E-state index in [1.54, 1.807) is 12.1 Å². The fourth-order valence-electron chi connectivity index (χ4n) is 6.88. The summed E-state index contributed by atoms with van der Waals surface area (Å²) in [6, 6.07) is 14.0. The average Bonchev–Trinajstić information content (AvgIpc) is 3.03. The lowest BCUT2D eigenvalue weighted by molar-refractivity contribution is -0.134.